The predicted molar refractivity (Wildman–Crippen MR) is 78.8 cm³/mol. The Kier molecular flexibility index (Phi) is 3.83. The summed E-state index contributed by atoms with van der Waals surface area (Å²) >= 11 is 0. The average molecular weight is 285 g/mol. The molecule has 3 rings (SSSR count). The average Bonchev–Trinajstić information content (AvgIpc) is 2.55. The predicted octanol–water partition coefficient (Wildman–Crippen LogP) is 1.96. The van der Waals surface area contributed by atoms with E-state index in [-0.39, 0.29) is 5.43 Å². The van der Waals surface area contributed by atoms with Gasteiger partial charge in [0.15, 0.2) is 11.3 Å². The molecule has 2 heterocycles. The van der Waals surface area contributed by atoms with E-state index in [1.807, 2.05) is 4.90 Å². The fourth-order valence-corrected chi connectivity index (χ4v) is 2.27. The molecule has 1 saturated heterocycles. The lowest BCUT2D eigenvalue weighted by Gasteiger charge is -2.27. The third-order valence-electron chi connectivity index (χ3n) is 3.41. The van der Waals surface area contributed by atoms with Crippen molar-refractivity contribution in [2.75, 3.05) is 31.2 Å². The van der Waals surface area contributed by atoms with Gasteiger partial charge in [-0.3, -0.25) is 9.59 Å². The normalized spacial score (nSPS) is 15.0. The highest BCUT2D eigenvalue weighted by Gasteiger charge is 2.15. The molecule has 0 radical (unpaired) electrons. The second-order valence-electron chi connectivity index (χ2n) is 4.83. The van der Waals surface area contributed by atoms with Crippen molar-refractivity contribution >= 4 is 12.2 Å². The molecule has 0 N–H and O–H groups in total. The van der Waals surface area contributed by atoms with Crippen LogP contribution in [0, 0.1) is 0 Å². The van der Waals surface area contributed by atoms with Gasteiger partial charge in [0, 0.05) is 36.3 Å². The summed E-state index contributed by atoms with van der Waals surface area (Å²) < 4.78 is 11.1. The third kappa shape index (κ3) is 3.03. The molecule has 0 aliphatic carbocycles. The molecule has 2 aromatic rings. The van der Waals surface area contributed by atoms with Gasteiger partial charge in [-0.05, 0) is 0 Å². The zero-order chi connectivity index (χ0) is 14.7. The molecular formula is C16H15NO4. The van der Waals surface area contributed by atoms with Crippen LogP contribution in [0.2, 0.25) is 0 Å². The van der Waals surface area contributed by atoms with Gasteiger partial charge in [0.2, 0.25) is 0 Å². The molecule has 0 amide bonds. The fourth-order valence-electron chi connectivity index (χ4n) is 2.27. The van der Waals surface area contributed by atoms with Crippen LogP contribution in [0.5, 0.6) is 0 Å². The van der Waals surface area contributed by atoms with Gasteiger partial charge in [0.25, 0.3) is 0 Å². The SMILES string of the molecule is O=Cc1ccc(-c2cc(=O)cc(N3CCOCC3)o2)cc1. The minimum Gasteiger partial charge on any atom is -0.440 e. The number of morpholine rings is 1. The van der Waals surface area contributed by atoms with E-state index in [9.17, 15) is 9.59 Å². The van der Waals surface area contributed by atoms with Gasteiger partial charge in [-0.25, -0.2) is 0 Å². The van der Waals surface area contributed by atoms with Crippen molar-refractivity contribution in [2.24, 2.45) is 0 Å². The van der Waals surface area contributed by atoms with Crippen LogP contribution < -0.4 is 10.3 Å². The van der Waals surface area contributed by atoms with Crippen molar-refractivity contribution in [3.05, 3.63) is 52.2 Å². The molecule has 1 aromatic heterocycles. The zero-order valence-electron chi connectivity index (χ0n) is 11.5. The van der Waals surface area contributed by atoms with Crippen LogP contribution in [-0.4, -0.2) is 32.6 Å². The van der Waals surface area contributed by atoms with Crippen molar-refractivity contribution in [1.82, 2.24) is 0 Å². The topological polar surface area (TPSA) is 59.8 Å². The maximum atomic E-state index is 11.9. The van der Waals surface area contributed by atoms with Crippen molar-refractivity contribution < 1.29 is 13.9 Å². The van der Waals surface area contributed by atoms with Gasteiger partial charge in [-0.15, -0.1) is 0 Å². The third-order valence-corrected chi connectivity index (χ3v) is 3.41. The quantitative estimate of drug-likeness (QED) is 0.807. The van der Waals surface area contributed by atoms with Crippen LogP contribution in [0.15, 0.2) is 45.6 Å². The number of ether oxygens (including phenoxy) is 1. The molecule has 1 aliphatic heterocycles. The van der Waals surface area contributed by atoms with Crippen molar-refractivity contribution in [3.63, 3.8) is 0 Å². The van der Waals surface area contributed by atoms with E-state index in [1.165, 1.54) is 12.1 Å². The van der Waals surface area contributed by atoms with Crippen LogP contribution in [0.4, 0.5) is 5.88 Å². The Morgan fingerprint density at radius 1 is 1.05 bits per heavy atom. The summed E-state index contributed by atoms with van der Waals surface area (Å²) in [6.07, 6.45) is 0.782. The first-order chi connectivity index (χ1) is 10.3. The lowest BCUT2D eigenvalue weighted by Crippen LogP contribution is -2.36. The summed E-state index contributed by atoms with van der Waals surface area (Å²) in [5.41, 5.74) is 1.26. The zero-order valence-corrected chi connectivity index (χ0v) is 11.5. The fraction of sp³-hybridized carbons (Fsp3) is 0.250. The molecule has 0 atom stereocenters. The van der Waals surface area contributed by atoms with Crippen LogP contribution in [0.25, 0.3) is 11.3 Å². The summed E-state index contributed by atoms with van der Waals surface area (Å²) in [6.45, 7) is 2.66. The second kappa shape index (κ2) is 5.93. The minimum absolute atomic E-state index is 0.0998. The van der Waals surface area contributed by atoms with Crippen LogP contribution in [-0.2, 0) is 4.74 Å². The molecule has 0 bridgehead atoms. The molecule has 0 unspecified atom stereocenters. The molecule has 21 heavy (non-hydrogen) atoms. The van der Waals surface area contributed by atoms with Gasteiger partial charge in [0.05, 0.1) is 13.2 Å². The Hall–Kier alpha value is -2.40. The number of hydrogen-bond acceptors (Lipinski definition) is 5. The first kappa shape index (κ1) is 13.6. The maximum absolute atomic E-state index is 11.9. The molecule has 5 heteroatoms. The van der Waals surface area contributed by atoms with E-state index in [0.29, 0.717) is 43.5 Å². The van der Waals surface area contributed by atoms with Crippen molar-refractivity contribution in [2.45, 2.75) is 0 Å². The van der Waals surface area contributed by atoms with Gasteiger partial charge >= 0.3 is 0 Å². The number of aldehydes is 1. The van der Waals surface area contributed by atoms with E-state index in [4.69, 9.17) is 9.15 Å². The number of carbonyl (C=O) groups is 1. The van der Waals surface area contributed by atoms with E-state index in [1.54, 1.807) is 24.3 Å². The van der Waals surface area contributed by atoms with Gasteiger partial charge in [0.1, 0.15) is 12.0 Å². The Labute approximate surface area is 121 Å². The number of carbonyl (C=O) groups excluding carboxylic acids is 1. The smallest absolute Gasteiger partial charge is 0.200 e. The Balaban J connectivity index is 1.96. The molecule has 0 saturated carbocycles. The number of rotatable bonds is 3. The summed E-state index contributed by atoms with van der Waals surface area (Å²) in [5.74, 6) is 1.06. The summed E-state index contributed by atoms with van der Waals surface area (Å²) in [6, 6.07) is 9.89. The van der Waals surface area contributed by atoms with Crippen LogP contribution in [0.1, 0.15) is 10.4 Å². The first-order valence-corrected chi connectivity index (χ1v) is 6.80. The molecule has 1 aliphatic rings. The van der Waals surface area contributed by atoms with Gasteiger partial charge < -0.3 is 14.1 Å². The molecule has 5 nitrogen and oxygen atoms in total. The molecule has 1 aromatic carbocycles. The Morgan fingerprint density at radius 3 is 2.43 bits per heavy atom. The molecular weight excluding hydrogens is 270 g/mol. The Bertz CT molecular complexity index is 684. The maximum Gasteiger partial charge on any atom is 0.200 e. The largest absolute Gasteiger partial charge is 0.440 e. The van der Waals surface area contributed by atoms with Crippen LogP contribution >= 0.6 is 0 Å². The molecule has 108 valence electrons. The molecule has 1 fully saturated rings. The highest BCUT2D eigenvalue weighted by molar-refractivity contribution is 5.76. The highest BCUT2D eigenvalue weighted by Crippen LogP contribution is 2.23. The minimum atomic E-state index is -0.0998. The summed E-state index contributed by atoms with van der Waals surface area (Å²) in [4.78, 5) is 24.5. The number of nitrogens with zero attached hydrogens (tertiary/aromatic N) is 1. The summed E-state index contributed by atoms with van der Waals surface area (Å²) in [7, 11) is 0. The summed E-state index contributed by atoms with van der Waals surface area (Å²) in [5, 5.41) is 0. The monoisotopic (exact) mass is 285 g/mol. The van der Waals surface area contributed by atoms with Gasteiger partial charge in [-0.1, -0.05) is 24.3 Å². The van der Waals surface area contributed by atoms with E-state index in [0.717, 1.165) is 11.8 Å². The standard InChI is InChI=1S/C16H15NO4/c18-11-12-1-3-13(4-2-12)15-9-14(19)10-16(21-15)17-5-7-20-8-6-17/h1-4,9-11H,5-8H2. The second-order valence-corrected chi connectivity index (χ2v) is 4.83. The number of hydrogen-bond donors (Lipinski definition) is 0. The number of benzene rings is 1. The van der Waals surface area contributed by atoms with Gasteiger partial charge in [-0.2, -0.15) is 0 Å². The first-order valence-electron chi connectivity index (χ1n) is 6.80. The highest BCUT2D eigenvalue weighted by atomic mass is 16.5. The van der Waals surface area contributed by atoms with E-state index in [2.05, 4.69) is 0 Å². The van der Waals surface area contributed by atoms with E-state index < -0.39 is 0 Å². The lowest BCUT2D eigenvalue weighted by molar-refractivity contribution is 0.112. The van der Waals surface area contributed by atoms with Crippen molar-refractivity contribution in [1.29, 1.82) is 0 Å². The lowest BCUT2D eigenvalue weighted by atomic mass is 10.1. The van der Waals surface area contributed by atoms with E-state index >= 15 is 0 Å². The van der Waals surface area contributed by atoms with Crippen molar-refractivity contribution in [3.8, 4) is 11.3 Å². The van der Waals surface area contributed by atoms with Crippen LogP contribution in [0.3, 0.4) is 0 Å². The number of anilines is 1. The molecule has 0 spiro atoms. The Morgan fingerprint density at radius 2 is 1.76 bits per heavy atom.